The Morgan fingerprint density at radius 2 is 2.00 bits per heavy atom. The molecule has 2 nitrogen and oxygen atoms in total. The summed E-state index contributed by atoms with van der Waals surface area (Å²) in [6.07, 6.45) is 0.841. The van der Waals surface area contributed by atoms with Crippen molar-refractivity contribution in [3.63, 3.8) is 0 Å². The molecule has 0 fully saturated rings. The molecule has 1 heterocycles. The van der Waals surface area contributed by atoms with Crippen molar-refractivity contribution < 1.29 is 13.5 Å². The molecule has 3 rings (SSSR count). The van der Waals surface area contributed by atoms with Crippen LogP contribution < -0.4 is 10.1 Å². The number of fused-ring (bicyclic) bond motifs is 1. The highest BCUT2D eigenvalue weighted by Crippen LogP contribution is 2.33. The molecule has 0 spiro atoms. The second-order valence-electron chi connectivity index (χ2n) is 4.63. The number of ether oxygens (including phenoxy) is 1. The Balaban J connectivity index is 1.80. The molecule has 0 amide bonds. The van der Waals surface area contributed by atoms with E-state index in [0.29, 0.717) is 23.9 Å². The number of rotatable bonds is 3. The second kappa shape index (κ2) is 5.29. The minimum atomic E-state index is -0.873. The van der Waals surface area contributed by atoms with Gasteiger partial charge >= 0.3 is 0 Å². The molecular formula is C15H12ClF2NO. The van der Waals surface area contributed by atoms with Crippen molar-refractivity contribution in [2.45, 2.75) is 13.0 Å². The molecule has 2 aromatic carbocycles. The van der Waals surface area contributed by atoms with E-state index in [1.54, 1.807) is 0 Å². The number of anilines is 1. The number of halogens is 3. The Labute approximate surface area is 120 Å². The molecule has 0 atom stereocenters. The summed E-state index contributed by atoms with van der Waals surface area (Å²) < 4.78 is 31.6. The van der Waals surface area contributed by atoms with Crippen LogP contribution in [-0.2, 0) is 13.0 Å². The van der Waals surface area contributed by atoms with E-state index in [2.05, 4.69) is 5.32 Å². The minimum absolute atomic E-state index is 0.438. The molecule has 0 saturated heterocycles. The first-order valence-electron chi connectivity index (χ1n) is 6.26. The molecule has 0 unspecified atom stereocenters. The van der Waals surface area contributed by atoms with Crippen molar-refractivity contribution in [3.05, 3.63) is 58.1 Å². The molecule has 20 heavy (non-hydrogen) atoms. The number of nitrogens with one attached hydrogen (secondary N) is 1. The average molecular weight is 296 g/mol. The fourth-order valence-corrected chi connectivity index (χ4v) is 2.54. The Bertz CT molecular complexity index is 661. The van der Waals surface area contributed by atoms with Crippen LogP contribution in [0.3, 0.4) is 0 Å². The van der Waals surface area contributed by atoms with E-state index in [1.165, 1.54) is 6.07 Å². The summed E-state index contributed by atoms with van der Waals surface area (Å²) in [7, 11) is 0. The van der Waals surface area contributed by atoms with Crippen LogP contribution in [0.15, 0.2) is 30.3 Å². The third kappa shape index (κ3) is 2.56. The summed E-state index contributed by atoms with van der Waals surface area (Å²) in [4.78, 5) is 0. The van der Waals surface area contributed by atoms with E-state index in [9.17, 15) is 8.78 Å². The van der Waals surface area contributed by atoms with Crippen LogP contribution in [0.25, 0.3) is 0 Å². The van der Waals surface area contributed by atoms with Crippen molar-refractivity contribution in [3.8, 4) is 5.75 Å². The highest BCUT2D eigenvalue weighted by atomic mass is 35.5. The lowest BCUT2D eigenvalue weighted by atomic mass is 10.1. The zero-order valence-electron chi connectivity index (χ0n) is 10.6. The van der Waals surface area contributed by atoms with Gasteiger partial charge in [0.2, 0.25) is 0 Å². The third-order valence-corrected chi connectivity index (χ3v) is 3.45. The Morgan fingerprint density at radius 1 is 1.15 bits per heavy atom. The molecule has 2 aromatic rings. The lowest BCUT2D eigenvalue weighted by Crippen LogP contribution is -2.02. The molecule has 0 bridgehead atoms. The standard InChI is InChI=1S/C15H12ClF2NO/c16-11-5-9-3-4-20-15(9)10(6-11)8-19-12-1-2-13(17)14(18)7-12/h1-2,5-7,19H,3-4,8H2. The predicted octanol–water partition coefficient (Wildman–Crippen LogP) is 4.17. The summed E-state index contributed by atoms with van der Waals surface area (Å²) >= 11 is 6.06. The van der Waals surface area contributed by atoms with Crippen LogP contribution in [0.5, 0.6) is 5.75 Å². The van der Waals surface area contributed by atoms with E-state index in [-0.39, 0.29) is 0 Å². The Morgan fingerprint density at radius 3 is 2.80 bits per heavy atom. The molecule has 1 N–H and O–H groups in total. The average Bonchev–Trinajstić information content (AvgIpc) is 2.88. The van der Waals surface area contributed by atoms with Gasteiger partial charge in [0.15, 0.2) is 11.6 Å². The quantitative estimate of drug-likeness (QED) is 0.918. The maximum absolute atomic E-state index is 13.1. The maximum Gasteiger partial charge on any atom is 0.160 e. The van der Waals surface area contributed by atoms with Gasteiger partial charge in [-0.3, -0.25) is 0 Å². The van der Waals surface area contributed by atoms with Gasteiger partial charge in [-0.05, 0) is 29.8 Å². The molecule has 0 saturated carbocycles. The summed E-state index contributed by atoms with van der Waals surface area (Å²) in [5, 5.41) is 3.69. The van der Waals surface area contributed by atoms with Gasteiger partial charge in [0.1, 0.15) is 5.75 Å². The van der Waals surface area contributed by atoms with E-state index in [0.717, 1.165) is 35.4 Å². The van der Waals surface area contributed by atoms with Gasteiger partial charge in [-0.1, -0.05) is 11.6 Å². The van der Waals surface area contributed by atoms with Crippen molar-refractivity contribution in [2.75, 3.05) is 11.9 Å². The maximum atomic E-state index is 13.1. The molecule has 5 heteroatoms. The van der Waals surface area contributed by atoms with Gasteiger partial charge in [0.05, 0.1) is 6.61 Å². The van der Waals surface area contributed by atoms with Gasteiger partial charge in [0, 0.05) is 35.3 Å². The molecule has 1 aliphatic rings. The Kier molecular flexibility index (Phi) is 3.49. The van der Waals surface area contributed by atoms with E-state index in [4.69, 9.17) is 16.3 Å². The summed E-state index contributed by atoms with van der Waals surface area (Å²) in [5.74, 6) is -0.894. The van der Waals surface area contributed by atoms with Gasteiger partial charge in [-0.2, -0.15) is 0 Å². The summed E-state index contributed by atoms with van der Waals surface area (Å²) in [5.41, 5.74) is 2.50. The lowest BCUT2D eigenvalue weighted by Gasteiger charge is -2.11. The topological polar surface area (TPSA) is 21.3 Å². The van der Waals surface area contributed by atoms with Crippen molar-refractivity contribution in [1.29, 1.82) is 0 Å². The molecular weight excluding hydrogens is 284 g/mol. The van der Waals surface area contributed by atoms with Crippen LogP contribution in [0.4, 0.5) is 14.5 Å². The fourth-order valence-electron chi connectivity index (χ4n) is 2.28. The van der Waals surface area contributed by atoms with Crippen LogP contribution in [0.1, 0.15) is 11.1 Å². The summed E-state index contributed by atoms with van der Waals surface area (Å²) in [6.45, 7) is 1.09. The van der Waals surface area contributed by atoms with Crippen LogP contribution in [-0.4, -0.2) is 6.61 Å². The third-order valence-electron chi connectivity index (χ3n) is 3.23. The zero-order valence-corrected chi connectivity index (χ0v) is 11.3. The zero-order chi connectivity index (χ0) is 14.1. The van der Waals surface area contributed by atoms with Crippen molar-refractivity contribution >= 4 is 17.3 Å². The van der Waals surface area contributed by atoms with E-state index in [1.807, 2.05) is 12.1 Å². The van der Waals surface area contributed by atoms with Gasteiger partial charge < -0.3 is 10.1 Å². The summed E-state index contributed by atoms with van der Waals surface area (Å²) in [6, 6.07) is 7.42. The highest BCUT2D eigenvalue weighted by Gasteiger charge is 2.17. The first-order chi connectivity index (χ1) is 9.63. The Hall–Kier alpha value is -1.81. The highest BCUT2D eigenvalue weighted by molar-refractivity contribution is 6.30. The van der Waals surface area contributed by atoms with E-state index >= 15 is 0 Å². The molecule has 0 radical (unpaired) electrons. The number of hydrogen-bond donors (Lipinski definition) is 1. The largest absolute Gasteiger partial charge is 0.493 e. The fraction of sp³-hybridized carbons (Fsp3) is 0.200. The van der Waals surface area contributed by atoms with Crippen molar-refractivity contribution in [1.82, 2.24) is 0 Å². The van der Waals surface area contributed by atoms with Crippen LogP contribution >= 0.6 is 11.6 Å². The number of hydrogen-bond acceptors (Lipinski definition) is 2. The molecule has 104 valence electrons. The van der Waals surface area contributed by atoms with E-state index < -0.39 is 11.6 Å². The molecule has 0 aliphatic carbocycles. The van der Waals surface area contributed by atoms with Gasteiger partial charge in [-0.25, -0.2) is 8.78 Å². The predicted molar refractivity (Wildman–Crippen MR) is 74.3 cm³/mol. The SMILES string of the molecule is Fc1ccc(NCc2cc(Cl)cc3c2OCC3)cc1F. The monoisotopic (exact) mass is 295 g/mol. The normalized spacial score (nSPS) is 12.9. The first kappa shape index (κ1) is 13.2. The molecule has 0 aromatic heterocycles. The number of benzene rings is 2. The first-order valence-corrected chi connectivity index (χ1v) is 6.64. The smallest absolute Gasteiger partial charge is 0.160 e. The second-order valence-corrected chi connectivity index (χ2v) is 5.07. The van der Waals surface area contributed by atoms with Crippen molar-refractivity contribution in [2.24, 2.45) is 0 Å². The molecule has 1 aliphatic heterocycles. The minimum Gasteiger partial charge on any atom is -0.493 e. The van der Waals surface area contributed by atoms with Crippen LogP contribution in [0.2, 0.25) is 5.02 Å². The van der Waals surface area contributed by atoms with Crippen LogP contribution in [0, 0.1) is 11.6 Å². The van der Waals surface area contributed by atoms with Gasteiger partial charge in [-0.15, -0.1) is 0 Å². The lowest BCUT2D eigenvalue weighted by molar-refractivity contribution is 0.354. The van der Waals surface area contributed by atoms with Gasteiger partial charge in [0.25, 0.3) is 0 Å².